The Kier molecular flexibility index (Phi) is 7.09. The van der Waals surface area contributed by atoms with E-state index in [1.165, 1.54) is 31.4 Å². The number of hydrogen-bond acceptors (Lipinski definition) is 6. The molecule has 0 radical (unpaired) electrons. The van der Waals surface area contributed by atoms with E-state index in [1.807, 2.05) is 0 Å². The molecule has 2 atom stereocenters. The molecule has 2 aromatic carbocycles. The largest absolute Gasteiger partial charge is 0.496 e. The van der Waals surface area contributed by atoms with Crippen molar-refractivity contribution in [1.29, 1.82) is 0 Å². The van der Waals surface area contributed by atoms with Crippen LogP contribution in [0.3, 0.4) is 0 Å². The number of likely N-dealkylation sites (tertiary alicyclic amines) is 1. The lowest BCUT2D eigenvalue weighted by molar-refractivity contribution is 0.00391. The van der Waals surface area contributed by atoms with Crippen molar-refractivity contribution in [3.8, 4) is 5.75 Å². The number of nitrogens with one attached hydrogen (secondary N) is 1. The lowest BCUT2D eigenvalue weighted by Gasteiger charge is -2.38. The first kappa shape index (κ1) is 22.5. The van der Waals surface area contributed by atoms with Crippen molar-refractivity contribution in [2.45, 2.75) is 25.1 Å². The molecule has 0 unspecified atom stereocenters. The quantitative estimate of drug-likeness (QED) is 0.573. The van der Waals surface area contributed by atoms with Crippen LogP contribution in [0.25, 0.3) is 0 Å². The summed E-state index contributed by atoms with van der Waals surface area (Å²) in [5, 5.41) is 2.96. The number of nitrogens with zero attached hydrogens (tertiary/aromatic N) is 1. The highest BCUT2D eigenvalue weighted by Crippen LogP contribution is 2.26. The molecule has 5 N–H and O–H groups in total. The Morgan fingerprint density at radius 1 is 1.19 bits per heavy atom. The van der Waals surface area contributed by atoms with Gasteiger partial charge in [0.2, 0.25) is 0 Å². The van der Waals surface area contributed by atoms with Crippen molar-refractivity contribution in [1.82, 2.24) is 10.2 Å². The molecule has 1 fully saturated rings. The van der Waals surface area contributed by atoms with E-state index in [0.717, 1.165) is 12.1 Å². The van der Waals surface area contributed by atoms with E-state index >= 15 is 0 Å². The average Bonchev–Trinajstić information content (AvgIpc) is 2.75. The van der Waals surface area contributed by atoms with Gasteiger partial charge in [0.15, 0.2) is 0 Å². The second-order valence-electron chi connectivity index (χ2n) is 7.51. The topological polar surface area (TPSA) is 120 Å². The number of carbonyl (C=O) groups is 2. The van der Waals surface area contributed by atoms with Gasteiger partial charge in [-0.2, -0.15) is 0 Å². The summed E-state index contributed by atoms with van der Waals surface area (Å²) in [6, 6.07) is 8.92. The minimum atomic E-state index is -0.713. The monoisotopic (exact) mass is 430 g/mol. The average molecular weight is 430 g/mol. The highest BCUT2D eigenvalue weighted by atomic mass is 19.1. The molecular weight excluding hydrogens is 403 g/mol. The van der Waals surface area contributed by atoms with Crippen molar-refractivity contribution >= 4 is 17.5 Å². The van der Waals surface area contributed by atoms with Crippen LogP contribution in [0.4, 0.5) is 10.1 Å². The van der Waals surface area contributed by atoms with E-state index in [-0.39, 0.29) is 40.5 Å². The number of rotatable bonds is 7. The molecule has 2 aromatic rings. The van der Waals surface area contributed by atoms with Crippen molar-refractivity contribution < 1.29 is 23.5 Å². The molecule has 1 aliphatic heterocycles. The molecule has 1 heterocycles. The van der Waals surface area contributed by atoms with Crippen LogP contribution >= 0.6 is 0 Å². The highest BCUT2D eigenvalue weighted by Gasteiger charge is 2.31. The molecule has 0 saturated carbocycles. The molecule has 166 valence electrons. The minimum absolute atomic E-state index is 0.0826. The number of methoxy groups -OCH3 is 2. The van der Waals surface area contributed by atoms with E-state index in [4.69, 9.17) is 20.9 Å². The van der Waals surface area contributed by atoms with Gasteiger partial charge in [-0.15, -0.1) is 0 Å². The first-order valence-electron chi connectivity index (χ1n) is 9.90. The maximum atomic E-state index is 13.1. The third-order valence-corrected chi connectivity index (χ3v) is 5.46. The number of piperidine rings is 1. The molecular formula is C22H27FN4O4. The number of hydrogen-bond donors (Lipinski definition) is 3. The zero-order valence-electron chi connectivity index (χ0n) is 17.6. The van der Waals surface area contributed by atoms with Crippen molar-refractivity contribution in [2.75, 3.05) is 33.0 Å². The second kappa shape index (κ2) is 9.76. The lowest BCUT2D eigenvalue weighted by atomic mass is 9.99. The van der Waals surface area contributed by atoms with Crippen LogP contribution < -0.4 is 21.5 Å². The Morgan fingerprint density at radius 3 is 2.52 bits per heavy atom. The van der Waals surface area contributed by atoms with Crippen LogP contribution in [0.15, 0.2) is 36.4 Å². The molecule has 3 rings (SSSR count). The number of primary amides is 1. The second-order valence-corrected chi connectivity index (χ2v) is 7.51. The normalized spacial score (nSPS) is 19.1. The van der Waals surface area contributed by atoms with Gasteiger partial charge in [0, 0.05) is 38.5 Å². The molecule has 0 aromatic heterocycles. The predicted molar refractivity (Wildman–Crippen MR) is 114 cm³/mol. The Labute approximate surface area is 180 Å². The van der Waals surface area contributed by atoms with Crippen LogP contribution in [0.2, 0.25) is 0 Å². The van der Waals surface area contributed by atoms with Crippen LogP contribution in [0, 0.1) is 5.82 Å². The Bertz CT molecular complexity index is 951. The summed E-state index contributed by atoms with van der Waals surface area (Å²) >= 11 is 0. The molecule has 1 aliphatic rings. The molecule has 8 nitrogen and oxygen atoms in total. The van der Waals surface area contributed by atoms with Crippen LogP contribution in [0.1, 0.15) is 32.7 Å². The van der Waals surface area contributed by atoms with Gasteiger partial charge in [0.25, 0.3) is 11.8 Å². The summed E-state index contributed by atoms with van der Waals surface area (Å²) in [7, 11) is 2.99. The number of nitrogen functional groups attached to an aromatic ring is 1. The predicted octanol–water partition coefficient (Wildman–Crippen LogP) is 1.53. The first-order valence-corrected chi connectivity index (χ1v) is 9.90. The smallest absolute Gasteiger partial charge is 0.253 e. The molecule has 0 bridgehead atoms. The van der Waals surface area contributed by atoms with Gasteiger partial charge in [-0.25, -0.2) is 4.39 Å². The third kappa shape index (κ3) is 5.31. The van der Waals surface area contributed by atoms with Gasteiger partial charge in [-0.1, -0.05) is 12.1 Å². The number of anilines is 1. The SMILES string of the molecule is COc1cc(N)c(C(=O)N[C@@H]2CCN(Cc3ccc(F)cc3)C[C@@H]2OC)cc1C(N)=O. The third-order valence-electron chi connectivity index (χ3n) is 5.46. The van der Waals surface area contributed by atoms with E-state index in [9.17, 15) is 14.0 Å². The zero-order valence-corrected chi connectivity index (χ0v) is 17.6. The van der Waals surface area contributed by atoms with Gasteiger partial charge >= 0.3 is 0 Å². The van der Waals surface area contributed by atoms with Crippen LogP contribution in [0.5, 0.6) is 5.75 Å². The molecule has 9 heteroatoms. The van der Waals surface area contributed by atoms with Crippen molar-refractivity contribution in [3.05, 3.63) is 58.9 Å². The molecule has 0 aliphatic carbocycles. The Morgan fingerprint density at radius 2 is 1.90 bits per heavy atom. The summed E-state index contributed by atoms with van der Waals surface area (Å²) in [5.74, 6) is -1.18. The van der Waals surface area contributed by atoms with E-state index < -0.39 is 11.8 Å². The summed E-state index contributed by atoms with van der Waals surface area (Å²) in [6.45, 7) is 1.99. The molecule has 31 heavy (non-hydrogen) atoms. The fourth-order valence-corrected chi connectivity index (χ4v) is 3.78. The Hall–Kier alpha value is -3.17. The highest BCUT2D eigenvalue weighted by molar-refractivity contribution is 6.04. The number of halogens is 1. The number of amides is 2. The number of benzene rings is 2. The fraction of sp³-hybridized carbons (Fsp3) is 0.364. The Balaban J connectivity index is 1.68. The van der Waals surface area contributed by atoms with E-state index in [1.54, 1.807) is 19.2 Å². The first-order chi connectivity index (χ1) is 14.8. The van der Waals surface area contributed by atoms with Gasteiger partial charge in [-0.3, -0.25) is 14.5 Å². The lowest BCUT2D eigenvalue weighted by Crippen LogP contribution is -2.54. The summed E-state index contributed by atoms with van der Waals surface area (Å²) < 4.78 is 23.8. The molecule has 2 amide bonds. The van der Waals surface area contributed by atoms with Gasteiger partial charge in [0.1, 0.15) is 11.6 Å². The maximum absolute atomic E-state index is 13.1. The van der Waals surface area contributed by atoms with Crippen LogP contribution in [-0.2, 0) is 11.3 Å². The number of carbonyl (C=O) groups excluding carboxylic acids is 2. The minimum Gasteiger partial charge on any atom is -0.496 e. The zero-order chi connectivity index (χ0) is 22.5. The summed E-state index contributed by atoms with van der Waals surface area (Å²) in [4.78, 5) is 26.8. The number of ether oxygens (including phenoxy) is 2. The van der Waals surface area contributed by atoms with E-state index in [0.29, 0.717) is 19.5 Å². The fourth-order valence-electron chi connectivity index (χ4n) is 3.78. The van der Waals surface area contributed by atoms with Crippen LogP contribution in [-0.4, -0.2) is 56.2 Å². The van der Waals surface area contributed by atoms with Gasteiger partial charge in [-0.05, 0) is 30.2 Å². The molecule has 0 spiro atoms. The summed E-state index contributed by atoms with van der Waals surface area (Å²) in [6.07, 6.45) is 0.415. The maximum Gasteiger partial charge on any atom is 0.253 e. The standard InChI is InChI=1S/C22H27FN4O4/c1-30-19-10-17(24)15(9-16(19)21(25)28)22(29)26-18-7-8-27(12-20(18)31-2)11-13-3-5-14(23)6-4-13/h3-6,9-10,18,20H,7-8,11-12,24H2,1-2H3,(H2,25,28)(H,26,29)/t18-,20+/m1/s1. The number of nitrogens with two attached hydrogens (primary N) is 2. The van der Waals surface area contributed by atoms with Crippen molar-refractivity contribution in [2.24, 2.45) is 5.73 Å². The van der Waals surface area contributed by atoms with Gasteiger partial charge in [0.05, 0.1) is 30.4 Å². The van der Waals surface area contributed by atoms with Gasteiger partial charge < -0.3 is 26.3 Å². The summed E-state index contributed by atoms with van der Waals surface area (Å²) in [5.41, 5.74) is 12.8. The molecule has 1 saturated heterocycles. The van der Waals surface area contributed by atoms with E-state index in [2.05, 4.69) is 10.2 Å². The van der Waals surface area contributed by atoms with Crippen molar-refractivity contribution in [3.63, 3.8) is 0 Å².